The smallest absolute Gasteiger partial charge is 0.339 e. The molecule has 0 heterocycles. The molecule has 0 spiro atoms. The highest BCUT2D eigenvalue weighted by Crippen LogP contribution is 2.30. The zero-order valence-corrected chi connectivity index (χ0v) is 12.1. The van der Waals surface area contributed by atoms with Crippen molar-refractivity contribution in [3.05, 3.63) is 50.3 Å². The largest absolute Gasteiger partial charge is 0.465 e. The van der Waals surface area contributed by atoms with Crippen molar-refractivity contribution in [1.82, 2.24) is 0 Å². The van der Waals surface area contributed by atoms with E-state index >= 15 is 0 Å². The van der Waals surface area contributed by atoms with Crippen LogP contribution in [0.5, 0.6) is 0 Å². The maximum Gasteiger partial charge on any atom is 0.339 e. The zero-order chi connectivity index (χ0) is 15.7. The van der Waals surface area contributed by atoms with Crippen LogP contribution in [-0.2, 0) is 4.74 Å². The molecule has 0 amide bonds. The molecule has 0 bridgehead atoms. The molecule has 1 aliphatic carbocycles. The van der Waals surface area contributed by atoms with E-state index in [-0.39, 0.29) is 5.69 Å². The number of hydrogen-bond donors (Lipinski definition) is 2. The first-order valence-electron chi connectivity index (χ1n) is 7.13. The maximum absolute atomic E-state index is 11.8. The minimum atomic E-state index is -0.571. The van der Waals surface area contributed by atoms with Gasteiger partial charge in [0.15, 0.2) is 0 Å². The van der Waals surface area contributed by atoms with Gasteiger partial charge in [-0.1, -0.05) is 12.1 Å². The Hall–Kier alpha value is -2.63. The predicted octanol–water partition coefficient (Wildman–Crippen LogP) is 1.63. The van der Waals surface area contributed by atoms with Crippen LogP contribution in [0.15, 0.2) is 33.9 Å². The molecule has 6 heteroatoms. The Balaban J connectivity index is 1.84. The SMILES string of the molecule is COC(=O)c1ccccc1Nc1c(NCC2CC2)c(=O)c1=O. The molecule has 0 aliphatic heterocycles. The maximum atomic E-state index is 11.8. The zero-order valence-electron chi connectivity index (χ0n) is 12.1. The second-order valence-electron chi connectivity index (χ2n) is 5.39. The summed E-state index contributed by atoms with van der Waals surface area (Å²) in [7, 11) is 1.29. The molecule has 3 rings (SSSR count). The van der Waals surface area contributed by atoms with E-state index in [2.05, 4.69) is 10.6 Å². The van der Waals surface area contributed by atoms with Gasteiger partial charge >= 0.3 is 5.97 Å². The summed E-state index contributed by atoms with van der Waals surface area (Å²) in [5, 5.41) is 5.91. The van der Waals surface area contributed by atoms with Crippen LogP contribution in [0.1, 0.15) is 23.2 Å². The van der Waals surface area contributed by atoms with Crippen LogP contribution in [0, 0.1) is 5.92 Å². The van der Waals surface area contributed by atoms with E-state index in [4.69, 9.17) is 4.74 Å². The number of ether oxygens (including phenoxy) is 1. The van der Waals surface area contributed by atoms with Gasteiger partial charge in [-0.25, -0.2) is 4.79 Å². The Morgan fingerprint density at radius 1 is 1.18 bits per heavy atom. The van der Waals surface area contributed by atoms with Gasteiger partial charge in [0.25, 0.3) is 10.9 Å². The van der Waals surface area contributed by atoms with E-state index in [0.29, 0.717) is 29.4 Å². The highest BCUT2D eigenvalue weighted by atomic mass is 16.5. The molecule has 0 radical (unpaired) electrons. The van der Waals surface area contributed by atoms with E-state index in [9.17, 15) is 14.4 Å². The van der Waals surface area contributed by atoms with Crippen LogP contribution in [-0.4, -0.2) is 19.6 Å². The number of esters is 1. The monoisotopic (exact) mass is 300 g/mol. The van der Waals surface area contributed by atoms with Crippen molar-refractivity contribution in [2.45, 2.75) is 12.8 Å². The van der Waals surface area contributed by atoms with Crippen molar-refractivity contribution in [2.24, 2.45) is 5.92 Å². The minimum Gasteiger partial charge on any atom is -0.465 e. The summed E-state index contributed by atoms with van der Waals surface area (Å²) < 4.78 is 4.71. The second kappa shape index (κ2) is 5.63. The molecule has 22 heavy (non-hydrogen) atoms. The lowest BCUT2D eigenvalue weighted by molar-refractivity contribution is 0.0602. The van der Waals surface area contributed by atoms with Crippen molar-refractivity contribution in [3.63, 3.8) is 0 Å². The van der Waals surface area contributed by atoms with Gasteiger partial charge in [-0.15, -0.1) is 0 Å². The molecular formula is C16H16N2O4. The third-order valence-electron chi connectivity index (χ3n) is 3.77. The standard InChI is InChI=1S/C16H16N2O4/c1-22-16(21)10-4-2-3-5-11(10)18-13-12(14(19)15(13)20)17-8-9-6-7-9/h2-5,9,17-18H,6-8H2,1H3. The van der Waals surface area contributed by atoms with Crippen molar-refractivity contribution >= 4 is 23.0 Å². The fraction of sp³-hybridized carbons (Fsp3) is 0.312. The van der Waals surface area contributed by atoms with Crippen molar-refractivity contribution in [2.75, 3.05) is 24.3 Å². The number of para-hydroxylation sites is 1. The lowest BCUT2D eigenvalue weighted by Crippen LogP contribution is -2.37. The number of methoxy groups -OCH3 is 1. The summed E-state index contributed by atoms with van der Waals surface area (Å²) in [6.45, 7) is 0.693. The van der Waals surface area contributed by atoms with E-state index < -0.39 is 16.8 Å². The molecule has 1 aliphatic rings. The fourth-order valence-electron chi connectivity index (χ4n) is 2.26. The van der Waals surface area contributed by atoms with Crippen LogP contribution in [0.2, 0.25) is 0 Å². The summed E-state index contributed by atoms with van der Waals surface area (Å²) in [6.07, 6.45) is 2.30. The molecule has 114 valence electrons. The quantitative estimate of drug-likeness (QED) is 0.623. The first-order valence-corrected chi connectivity index (χ1v) is 7.13. The number of carbonyl (C=O) groups excluding carboxylic acids is 1. The van der Waals surface area contributed by atoms with Crippen LogP contribution in [0.4, 0.5) is 17.1 Å². The molecule has 1 fully saturated rings. The van der Waals surface area contributed by atoms with Gasteiger partial charge < -0.3 is 15.4 Å². The van der Waals surface area contributed by atoms with Crippen molar-refractivity contribution < 1.29 is 9.53 Å². The van der Waals surface area contributed by atoms with Gasteiger partial charge in [0.2, 0.25) is 0 Å². The highest BCUT2D eigenvalue weighted by Gasteiger charge is 2.26. The molecule has 0 aromatic heterocycles. The van der Waals surface area contributed by atoms with E-state index in [0.717, 1.165) is 12.8 Å². The number of anilines is 3. The van der Waals surface area contributed by atoms with Crippen molar-refractivity contribution in [3.8, 4) is 0 Å². The Bertz CT molecular complexity index is 786. The Kier molecular flexibility index (Phi) is 3.66. The van der Waals surface area contributed by atoms with Crippen LogP contribution < -0.4 is 21.5 Å². The summed E-state index contributed by atoms with van der Waals surface area (Å²) in [6, 6.07) is 6.69. The van der Waals surface area contributed by atoms with Crippen LogP contribution in [0.25, 0.3) is 0 Å². The van der Waals surface area contributed by atoms with E-state index in [1.165, 1.54) is 7.11 Å². The lowest BCUT2D eigenvalue weighted by Gasteiger charge is -2.16. The van der Waals surface area contributed by atoms with Crippen molar-refractivity contribution in [1.29, 1.82) is 0 Å². The van der Waals surface area contributed by atoms with Crippen LogP contribution >= 0.6 is 0 Å². The molecule has 0 unspecified atom stereocenters. The van der Waals surface area contributed by atoms with Gasteiger partial charge in [0.1, 0.15) is 11.4 Å². The number of nitrogens with one attached hydrogen (secondary N) is 2. The Labute approximate surface area is 126 Å². The molecule has 2 aromatic carbocycles. The van der Waals surface area contributed by atoms with Gasteiger partial charge in [-0.2, -0.15) is 0 Å². The number of hydrogen-bond acceptors (Lipinski definition) is 6. The molecule has 2 aromatic rings. The molecule has 6 nitrogen and oxygen atoms in total. The van der Waals surface area contributed by atoms with Gasteiger partial charge in [-0.3, -0.25) is 9.59 Å². The highest BCUT2D eigenvalue weighted by molar-refractivity contribution is 5.97. The summed E-state index contributed by atoms with van der Waals surface area (Å²) >= 11 is 0. The molecule has 2 N–H and O–H groups in total. The molecule has 0 saturated heterocycles. The number of carbonyl (C=O) groups is 1. The summed E-state index contributed by atoms with van der Waals surface area (Å²) in [4.78, 5) is 35.2. The fourth-order valence-corrected chi connectivity index (χ4v) is 2.26. The normalized spacial score (nSPS) is 13.9. The number of rotatable bonds is 6. The second-order valence-corrected chi connectivity index (χ2v) is 5.39. The minimum absolute atomic E-state index is 0.210. The third kappa shape index (κ3) is 2.59. The third-order valence-corrected chi connectivity index (χ3v) is 3.77. The van der Waals surface area contributed by atoms with Gasteiger partial charge in [0, 0.05) is 6.54 Å². The molecular weight excluding hydrogens is 284 g/mol. The number of benzene rings is 1. The molecule has 0 atom stereocenters. The lowest BCUT2D eigenvalue weighted by atomic mass is 10.1. The Morgan fingerprint density at radius 3 is 2.55 bits per heavy atom. The van der Waals surface area contributed by atoms with Crippen LogP contribution in [0.3, 0.4) is 0 Å². The summed E-state index contributed by atoms with van der Waals surface area (Å²) in [5.74, 6) is 0.0777. The predicted molar refractivity (Wildman–Crippen MR) is 83.6 cm³/mol. The average molecular weight is 300 g/mol. The van der Waals surface area contributed by atoms with Gasteiger partial charge in [-0.05, 0) is 30.9 Å². The van der Waals surface area contributed by atoms with E-state index in [1.54, 1.807) is 24.3 Å². The molecule has 1 saturated carbocycles. The first-order chi connectivity index (χ1) is 10.6. The average Bonchev–Trinajstić information content (AvgIpc) is 3.37. The Morgan fingerprint density at radius 2 is 1.86 bits per heavy atom. The van der Waals surface area contributed by atoms with Gasteiger partial charge in [0.05, 0.1) is 18.4 Å². The topological polar surface area (TPSA) is 84.5 Å². The first kappa shape index (κ1) is 14.3. The summed E-state index contributed by atoms with van der Waals surface area (Å²) in [5.41, 5.74) is 0.178. The van der Waals surface area contributed by atoms with E-state index in [1.807, 2.05) is 0 Å².